The lowest BCUT2D eigenvalue weighted by molar-refractivity contribution is 0.336. The fourth-order valence-corrected chi connectivity index (χ4v) is 4.23. The number of rotatable bonds is 4. The van der Waals surface area contributed by atoms with Crippen LogP contribution in [0.3, 0.4) is 0 Å². The van der Waals surface area contributed by atoms with Crippen LogP contribution in [0.5, 0.6) is 0 Å². The van der Waals surface area contributed by atoms with Crippen molar-refractivity contribution in [2.75, 3.05) is 11.1 Å². The first-order chi connectivity index (χ1) is 16.4. The molecule has 3 aromatic heterocycles. The molecular weight excluding hydrogens is 430 g/mol. The van der Waals surface area contributed by atoms with Crippen LogP contribution in [0.4, 0.5) is 17.5 Å². The molecule has 0 spiro atoms. The minimum atomic E-state index is -0.914. The summed E-state index contributed by atoms with van der Waals surface area (Å²) in [6.07, 6.45) is 4.71. The van der Waals surface area contributed by atoms with Gasteiger partial charge in [0.05, 0.1) is 5.39 Å². The maximum Gasteiger partial charge on any atom is 0.300 e. The molecule has 10 heteroatoms. The highest BCUT2D eigenvalue weighted by Gasteiger charge is 2.31. The quantitative estimate of drug-likeness (QED) is 0.415. The number of fused-ring (bicyclic) bond motifs is 2. The van der Waals surface area contributed by atoms with E-state index in [9.17, 15) is 0 Å². The Morgan fingerprint density at radius 1 is 1.03 bits per heavy atom. The Balaban J connectivity index is 1.37. The first-order valence-electron chi connectivity index (χ1n) is 10.8. The number of nitrogens with two attached hydrogens (primary N) is 1. The minimum absolute atomic E-state index is 0.347. The summed E-state index contributed by atoms with van der Waals surface area (Å²) in [5.74, 6) is -0.567. The molecule has 1 aliphatic heterocycles. The third-order valence-corrected chi connectivity index (χ3v) is 5.83. The van der Waals surface area contributed by atoms with Gasteiger partial charge in [0.1, 0.15) is 23.4 Å². The molecule has 0 aliphatic carbocycles. The van der Waals surface area contributed by atoms with Gasteiger partial charge in [-0.15, -0.1) is 0 Å². The van der Waals surface area contributed by atoms with Crippen LogP contribution in [0.1, 0.15) is 18.1 Å². The number of hydrogen-bond acceptors (Lipinski definition) is 9. The van der Waals surface area contributed by atoms with Crippen molar-refractivity contribution >= 4 is 52.1 Å². The number of nitrogens with one attached hydrogen (secondary N) is 1. The van der Waals surface area contributed by atoms with Gasteiger partial charge < -0.3 is 15.5 Å². The lowest BCUT2D eigenvalue weighted by Gasteiger charge is -2.18. The molecule has 0 saturated heterocycles. The Morgan fingerprint density at radius 3 is 2.56 bits per heavy atom. The van der Waals surface area contributed by atoms with Crippen molar-refractivity contribution in [1.29, 1.82) is 0 Å². The van der Waals surface area contributed by atoms with Gasteiger partial charge in [-0.05, 0) is 43.2 Å². The summed E-state index contributed by atoms with van der Waals surface area (Å²) in [4.78, 5) is 22.0. The van der Waals surface area contributed by atoms with Crippen molar-refractivity contribution in [3.63, 3.8) is 0 Å². The number of nitrogen functional groups attached to an aromatic ring is 1. The highest BCUT2D eigenvalue weighted by molar-refractivity contribution is 6.17. The Labute approximate surface area is 194 Å². The fraction of sp³-hybridized carbons (Fsp3) is 0.167. The summed E-state index contributed by atoms with van der Waals surface area (Å²) < 4.78 is 7.59. The van der Waals surface area contributed by atoms with Gasteiger partial charge in [-0.3, -0.25) is 0 Å². The van der Waals surface area contributed by atoms with Gasteiger partial charge in [0, 0.05) is 30.6 Å². The summed E-state index contributed by atoms with van der Waals surface area (Å²) in [7, 11) is 0. The summed E-state index contributed by atoms with van der Waals surface area (Å²) in [5, 5.41) is 8.68. The molecule has 0 fully saturated rings. The highest BCUT2D eigenvalue weighted by Crippen LogP contribution is 2.35. The molecule has 1 aliphatic rings. The third-order valence-electron chi connectivity index (χ3n) is 5.83. The second-order valence-electron chi connectivity index (χ2n) is 8.40. The van der Waals surface area contributed by atoms with Crippen LogP contribution in [-0.4, -0.2) is 37.2 Å². The van der Waals surface area contributed by atoms with Crippen LogP contribution in [0, 0.1) is 13.8 Å². The van der Waals surface area contributed by atoms with Crippen molar-refractivity contribution in [3.05, 3.63) is 53.9 Å². The van der Waals surface area contributed by atoms with Gasteiger partial charge in [-0.25, -0.2) is 20.0 Å². The molecule has 0 bridgehead atoms. The largest absolute Gasteiger partial charge is 0.423 e. The van der Waals surface area contributed by atoms with E-state index in [-0.39, 0.29) is 0 Å². The fourth-order valence-electron chi connectivity index (χ4n) is 4.23. The zero-order valence-electron chi connectivity index (χ0n) is 18.8. The number of benzene rings is 2. The predicted molar refractivity (Wildman–Crippen MR) is 133 cm³/mol. The first kappa shape index (κ1) is 20.0. The molecule has 0 amide bonds. The van der Waals surface area contributed by atoms with Crippen LogP contribution in [-0.2, 0) is 5.79 Å². The number of hydrogen-bond donors (Lipinski definition) is 2. The normalized spacial score (nSPS) is 14.4. The topological polar surface area (TPSA) is 132 Å². The Bertz CT molecular complexity index is 1610. The summed E-state index contributed by atoms with van der Waals surface area (Å²) in [6, 6.07) is 12.3. The summed E-state index contributed by atoms with van der Waals surface area (Å²) >= 11 is 0. The molecule has 4 heterocycles. The molecule has 3 N–H and O–H groups in total. The molecule has 6 rings (SSSR count). The van der Waals surface area contributed by atoms with E-state index >= 15 is 0 Å². The van der Waals surface area contributed by atoms with Gasteiger partial charge in [-0.2, -0.15) is 14.8 Å². The average Bonchev–Trinajstić information content (AvgIpc) is 3.52. The smallest absolute Gasteiger partial charge is 0.300 e. The zero-order valence-corrected chi connectivity index (χ0v) is 18.8. The SMILES string of the molecule is Cc1cc(C)c2oc(Nc3ccc(-c4nn(C5(C)N=CC=N5)c5ncnc(N)c45)cc3)nc2c1. The average molecular weight is 451 g/mol. The zero-order chi connectivity index (χ0) is 23.4. The Morgan fingerprint density at radius 2 is 1.79 bits per heavy atom. The molecular formula is C24H21N9O. The van der Waals surface area contributed by atoms with Gasteiger partial charge in [0.25, 0.3) is 6.01 Å². The number of aliphatic imine (C=N–C) groups is 2. The standard InChI is InChI=1S/C24H21N9O/c1-13-10-14(2)20-17(11-13)31-23(34-20)30-16-6-4-15(5-7-16)19-18-21(25)26-12-27-22(18)33(32-19)24(3)28-8-9-29-24/h4-12H,1-3H3,(H,30,31)(H2,25,26,27). The second kappa shape index (κ2) is 7.20. The molecule has 10 nitrogen and oxygen atoms in total. The van der Waals surface area contributed by atoms with Crippen LogP contribution in [0.15, 0.2) is 57.1 Å². The minimum Gasteiger partial charge on any atom is -0.423 e. The molecule has 0 radical (unpaired) electrons. The van der Waals surface area contributed by atoms with Crippen LogP contribution >= 0.6 is 0 Å². The van der Waals surface area contributed by atoms with E-state index < -0.39 is 5.79 Å². The molecule has 0 atom stereocenters. The van der Waals surface area contributed by atoms with Gasteiger partial charge in [-0.1, -0.05) is 18.2 Å². The second-order valence-corrected chi connectivity index (χ2v) is 8.40. The third kappa shape index (κ3) is 3.11. The predicted octanol–water partition coefficient (Wildman–Crippen LogP) is 4.36. The summed E-state index contributed by atoms with van der Waals surface area (Å²) in [5.41, 5.74) is 12.9. The molecule has 34 heavy (non-hydrogen) atoms. The molecule has 2 aromatic carbocycles. The van der Waals surface area contributed by atoms with Crippen molar-refractivity contribution in [3.8, 4) is 11.3 Å². The highest BCUT2D eigenvalue weighted by atomic mass is 16.4. The maximum absolute atomic E-state index is 6.23. The molecule has 168 valence electrons. The number of aromatic nitrogens is 5. The van der Waals surface area contributed by atoms with E-state index in [1.165, 1.54) is 6.33 Å². The van der Waals surface area contributed by atoms with Crippen LogP contribution in [0.2, 0.25) is 0 Å². The van der Waals surface area contributed by atoms with Crippen molar-refractivity contribution in [1.82, 2.24) is 24.7 Å². The number of nitrogens with zero attached hydrogens (tertiary/aromatic N) is 7. The van der Waals surface area contributed by atoms with E-state index in [1.54, 1.807) is 17.1 Å². The number of aryl methyl sites for hydroxylation is 2. The van der Waals surface area contributed by atoms with Gasteiger partial charge in [0.2, 0.25) is 5.79 Å². The van der Waals surface area contributed by atoms with E-state index in [2.05, 4.69) is 36.3 Å². The van der Waals surface area contributed by atoms with Crippen molar-refractivity contribution in [2.45, 2.75) is 26.6 Å². The first-order valence-corrected chi connectivity index (χ1v) is 10.8. The van der Waals surface area contributed by atoms with Gasteiger partial charge in [0.15, 0.2) is 11.2 Å². The maximum atomic E-state index is 6.23. The monoisotopic (exact) mass is 451 g/mol. The lowest BCUT2D eigenvalue weighted by atomic mass is 10.1. The van der Waals surface area contributed by atoms with E-state index in [1.807, 2.05) is 51.1 Å². The molecule has 0 saturated carbocycles. The van der Waals surface area contributed by atoms with E-state index in [0.29, 0.717) is 28.6 Å². The molecule has 0 unspecified atom stereocenters. The molecule has 5 aromatic rings. The Kier molecular flexibility index (Phi) is 4.25. The lowest BCUT2D eigenvalue weighted by Crippen LogP contribution is -2.25. The van der Waals surface area contributed by atoms with Crippen molar-refractivity contribution in [2.24, 2.45) is 9.98 Å². The van der Waals surface area contributed by atoms with E-state index in [4.69, 9.17) is 15.2 Å². The van der Waals surface area contributed by atoms with Crippen LogP contribution in [0.25, 0.3) is 33.4 Å². The number of oxazole rings is 1. The van der Waals surface area contributed by atoms with Crippen LogP contribution < -0.4 is 11.1 Å². The Hall–Kier alpha value is -4.60. The number of anilines is 3. The summed E-state index contributed by atoms with van der Waals surface area (Å²) in [6.45, 7) is 5.92. The van der Waals surface area contributed by atoms with E-state index in [0.717, 1.165) is 33.5 Å². The van der Waals surface area contributed by atoms with Gasteiger partial charge >= 0.3 is 0 Å². The van der Waals surface area contributed by atoms with Crippen molar-refractivity contribution < 1.29 is 4.42 Å².